The summed E-state index contributed by atoms with van der Waals surface area (Å²) in [5.41, 5.74) is 0. The molecule has 0 atom stereocenters. The second kappa shape index (κ2) is 9.87. The van der Waals surface area contributed by atoms with Crippen molar-refractivity contribution in [2.45, 2.75) is 17.7 Å². The predicted octanol–water partition coefficient (Wildman–Crippen LogP) is 3.02. The van der Waals surface area contributed by atoms with E-state index in [2.05, 4.69) is 4.90 Å². The molecule has 0 saturated carbocycles. The number of halogens is 1. The van der Waals surface area contributed by atoms with E-state index in [9.17, 15) is 13.2 Å². The van der Waals surface area contributed by atoms with Gasteiger partial charge in [-0.1, -0.05) is 23.7 Å². The van der Waals surface area contributed by atoms with E-state index < -0.39 is 10.0 Å². The minimum atomic E-state index is -3.60. The topological polar surface area (TPSA) is 70.2 Å². The van der Waals surface area contributed by atoms with Crippen molar-refractivity contribution in [3.63, 3.8) is 0 Å². The van der Waals surface area contributed by atoms with Crippen molar-refractivity contribution in [3.05, 3.63) is 45.6 Å². The van der Waals surface area contributed by atoms with E-state index in [4.69, 9.17) is 16.3 Å². The molecule has 0 spiro atoms. The van der Waals surface area contributed by atoms with Crippen LogP contribution in [-0.2, 0) is 10.0 Å². The molecule has 0 N–H and O–H groups in total. The van der Waals surface area contributed by atoms with Crippen molar-refractivity contribution in [3.8, 4) is 5.75 Å². The van der Waals surface area contributed by atoms with Gasteiger partial charge >= 0.3 is 0 Å². The Morgan fingerprint density at radius 3 is 2.45 bits per heavy atom. The fourth-order valence-corrected chi connectivity index (χ4v) is 6.96. The SMILES string of the molecule is O=C(c1sccc1S(=O)(=O)N1CCCC1)N1CCN(CCOc2ccccc2Cl)CC1. The molecular formula is C21H26ClN3O4S2. The summed E-state index contributed by atoms with van der Waals surface area (Å²) in [6.45, 7) is 4.87. The molecule has 31 heavy (non-hydrogen) atoms. The number of piperazine rings is 1. The number of nitrogens with zero attached hydrogens (tertiary/aromatic N) is 3. The van der Waals surface area contributed by atoms with Crippen LogP contribution >= 0.6 is 22.9 Å². The molecule has 2 aromatic rings. The third kappa shape index (κ3) is 5.06. The molecular weight excluding hydrogens is 458 g/mol. The molecule has 0 radical (unpaired) electrons. The monoisotopic (exact) mass is 483 g/mol. The molecule has 3 heterocycles. The molecule has 1 aromatic carbocycles. The highest BCUT2D eigenvalue weighted by molar-refractivity contribution is 7.89. The molecule has 2 aliphatic rings. The largest absolute Gasteiger partial charge is 0.491 e. The van der Waals surface area contributed by atoms with Gasteiger partial charge in [0.15, 0.2) is 0 Å². The van der Waals surface area contributed by atoms with Gasteiger partial charge in [-0.3, -0.25) is 9.69 Å². The number of sulfonamides is 1. The Bertz CT molecular complexity index is 1010. The Kier molecular flexibility index (Phi) is 7.18. The van der Waals surface area contributed by atoms with Crippen LogP contribution in [0.1, 0.15) is 22.5 Å². The first-order valence-electron chi connectivity index (χ1n) is 10.4. The number of rotatable bonds is 7. The molecule has 0 aliphatic carbocycles. The summed E-state index contributed by atoms with van der Waals surface area (Å²) >= 11 is 7.31. The maximum Gasteiger partial charge on any atom is 0.265 e. The average molecular weight is 484 g/mol. The number of carbonyl (C=O) groups excluding carboxylic acids is 1. The molecule has 2 aliphatic heterocycles. The first kappa shape index (κ1) is 22.5. The van der Waals surface area contributed by atoms with Crippen molar-refractivity contribution < 1.29 is 17.9 Å². The first-order chi connectivity index (χ1) is 15.0. The molecule has 168 valence electrons. The number of para-hydroxylation sites is 1. The second-order valence-corrected chi connectivity index (χ2v) is 10.9. The van der Waals surface area contributed by atoms with Crippen molar-refractivity contribution in [1.29, 1.82) is 0 Å². The normalized spacial score (nSPS) is 18.4. The van der Waals surface area contributed by atoms with E-state index in [1.807, 2.05) is 18.2 Å². The van der Waals surface area contributed by atoms with E-state index in [-0.39, 0.29) is 10.8 Å². The Labute approximate surface area is 192 Å². The van der Waals surface area contributed by atoms with Gasteiger partial charge in [0.25, 0.3) is 5.91 Å². The van der Waals surface area contributed by atoms with Crippen LogP contribution < -0.4 is 4.74 Å². The number of amides is 1. The van der Waals surface area contributed by atoms with Crippen LogP contribution in [0.2, 0.25) is 5.02 Å². The average Bonchev–Trinajstić information content (AvgIpc) is 3.48. The van der Waals surface area contributed by atoms with Crippen molar-refractivity contribution >= 4 is 38.9 Å². The van der Waals surface area contributed by atoms with E-state index in [1.54, 1.807) is 22.4 Å². The van der Waals surface area contributed by atoms with Crippen LogP contribution in [0.4, 0.5) is 0 Å². The molecule has 2 fully saturated rings. The highest BCUT2D eigenvalue weighted by atomic mass is 35.5. The van der Waals surface area contributed by atoms with Crippen molar-refractivity contribution in [2.75, 3.05) is 52.4 Å². The van der Waals surface area contributed by atoms with Gasteiger partial charge in [0.2, 0.25) is 10.0 Å². The third-order valence-electron chi connectivity index (χ3n) is 5.67. The maximum absolute atomic E-state index is 13.1. The van der Waals surface area contributed by atoms with Gasteiger partial charge in [-0.15, -0.1) is 11.3 Å². The maximum atomic E-state index is 13.1. The van der Waals surface area contributed by atoms with Crippen molar-refractivity contribution in [1.82, 2.24) is 14.1 Å². The summed E-state index contributed by atoms with van der Waals surface area (Å²) in [7, 11) is -3.60. The highest BCUT2D eigenvalue weighted by Gasteiger charge is 2.33. The van der Waals surface area contributed by atoms with Crippen LogP contribution in [-0.4, -0.2) is 80.9 Å². The predicted molar refractivity (Wildman–Crippen MR) is 122 cm³/mol. The number of hydrogen-bond acceptors (Lipinski definition) is 6. The Hall–Kier alpha value is -1.65. The Morgan fingerprint density at radius 1 is 1.03 bits per heavy atom. The van der Waals surface area contributed by atoms with E-state index in [0.717, 1.165) is 32.5 Å². The van der Waals surface area contributed by atoms with E-state index in [1.165, 1.54) is 15.6 Å². The van der Waals surface area contributed by atoms with Gasteiger partial charge in [0, 0.05) is 45.8 Å². The molecule has 0 bridgehead atoms. The van der Waals surface area contributed by atoms with Crippen LogP contribution in [0.3, 0.4) is 0 Å². The summed E-state index contributed by atoms with van der Waals surface area (Å²) in [5, 5.41) is 2.28. The lowest BCUT2D eigenvalue weighted by molar-refractivity contribution is 0.0621. The second-order valence-electron chi connectivity index (χ2n) is 7.64. The smallest absolute Gasteiger partial charge is 0.265 e. The molecule has 2 saturated heterocycles. The zero-order valence-corrected chi connectivity index (χ0v) is 19.6. The molecule has 4 rings (SSSR count). The van der Waals surface area contributed by atoms with Gasteiger partial charge in [0.05, 0.1) is 5.02 Å². The molecule has 1 aromatic heterocycles. The zero-order chi connectivity index (χ0) is 21.8. The third-order valence-corrected chi connectivity index (χ3v) is 8.95. The first-order valence-corrected chi connectivity index (χ1v) is 13.1. The summed E-state index contributed by atoms with van der Waals surface area (Å²) in [6, 6.07) is 8.95. The lowest BCUT2D eigenvalue weighted by Crippen LogP contribution is -2.49. The van der Waals surface area contributed by atoms with Crippen LogP contribution in [0, 0.1) is 0 Å². The van der Waals surface area contributed by atoms with Crippen molar-refractivity contribution in [2.24, 2.45) is 0 Å². The molecule has 10 heteroatoms. The Morgan fingerprint density at radius 2 is 1.74 bits per heavy atom. The van der Waals surface area contributed by atoms with Gasteiger partial charge in [-0.05, 0) is 36.4 Å². The van der Waals surface area contributed by atoms with E-state index in [0.29, 0.717) is 48.4 Å². The van der Waals surface area contributed by atoms with Crippen LogP contribution in [0.5, 0.6) is 5.75 Å². The minimum Gasteiger partial charge on any atom is -0.491 e. The summed E-state index contributed by atoms with van der Waals surface area (Å²) in [6.07, 6.45) is 1.74. The number of benzene rings is 1. The summed E-state index contributed by atoms with van der Waals surface area (Å²) < 4.78 is 33.1. The van der Waals surface area contributed by atoms with Gasteiger partial charge in [-0.2, -0.15) is 4.31 Å². The summed E-state index contributed by atoms with van der Waals surface area (Å²) in [5.74, 6) is 0.474. The molecule has 0 unspecified atom stereocenters. The number of carbonyl (C=O) groups is 1. The quantitative estimate of drug-likeness (QED) is 0.605. The number of ether oxygens (including phenoxy) is 1. The lowest BCUT2D eigenvalue weighted by Gasteiger charge is -2.34. The van der Waals surface area contributed by atoms with Gasteiger partial charge in [0.1, 0.15) is 22.1 Å². The standard InChI is InChI=1S/C21H26ClN3O4S2/c22-17-5-1-2-6-18(17)29-15-14-23-10-12-24(13-11-23)21(26)20-19(7-16-30-20)31(27,28)25-8-3-4-9-25/h1-2,5-7,16H,3-4,8-15H2. The summed E-state index contributed by atoms with van der Waals surface area (Å²) in [4.78, 5) is 17.5. The minimum absolute atomic E-state index is 0.153. The number of hydrogen-bond donors (Lipinski definition) is 0. The van der Waals surface area contributed by atoms with Crippen LogP contribution in [0.15, 0.2) is 40.6 Å². The molecule has 1 amide bonds. The van der Waals surface area contributed by atoms with Crippen LogP contribution in [0.25, 0.3) is 0 Å². The highest BCUT2D eigenvalue weighted by Crippen LogP contribution is 2.29. The lowest BCUT2D eigenvalue weighted by atomic mass is 10.3. The van der Waals surface area contributed by atoms with Gasteiger partial charge in [-0.25, -0.2) is 8.42 Å². The Balaban J connectivity index is 1.31. The van der Waals surface area contributed by atoms with Gasteiger partial charge < -0.3 is 9.64 Å². The van der Waals surface area contributed by atoms with E-state index >= 15 is 0 Å². The number of thiophene rings is 1. The molecule has 7 nitrogen and oxygen atoms in total. The zero-order valence-electron chi connectivity index (χ0n) is 17.2. The fourth-order valence-electron chi connectivity index (χ4n) is 3.89. The fraction of sp³-hybridized carbons (Fsp3) is 0.476.